The number of aromatic nitrogens is 5. The van der Waals surface area contributed by atoms with Crippen molar-refractivity contribution in [2.24, 2.45) is 0 Å². The first-order chi connectivity index (χ1) is 13.4. The van der Waals surface area contributed by atoms with Crippen molar-refractivity contribution in [3.05, 3.63) is 57.8 Å². The number of amides is 1. The Labute approximate surface area is 159 Å². The molecule has 9 nitrogen and oxygen atoms in total. The van der Waals surface area contributed by atoms with Crippen LogP contribution < -0.4 is 11.0 Å². The number of nitrogens with zero attached hydrogens (tertiary/aromatic N) is 5. The molecular formula is C19H20N6O3. The van der Waals surface area contributed by atoms with Crippen LogP contribution in [0.1, 0.15) is 23.9 Å². The number of rotatable bonds is 5. The van der Waals surface area contributed by atoms with E-state index in [1.807, 2.05) is 44.2 Å². The molecule has 0 saturated heterocycles. The number of hydrogen-bond donors (Lipinski definition) is 1. The van der Waals surface area contributed by atoms with Crippen molar-refractivity contribution in [3.63, 3.8) is 0 Å². The third-order valence-corrected chi connectivity index (χ3v) is 4.67. The van der Waals surface area contributed by atoms with Crippen LogP contribution in [0.3, 0.4) is 0 Å². The molecule has 0 fully saturated rings. The van der Waals surface area contributed by atoms with Crippen LogP contribution >= 0.6 is 0 Å². The Balaban J connectivity index is 1.58. The molecule has 1 amide bonds. The van der Waals surface area contributed by atoms with Crippen molar-refractivity contribution in [1.82, 2.24) is 29.8 Å². The van der Waals surface area contributed by atoms with E-state index in [1.165, 1.54) is 4.68 Å². The van der Waals surface area contributed by atoms with Crippen molar-refractivity contribution in [2.45, 2.75) is 39.8 Å². The first-order valence-corrected chi connectivity index (χ1v) is 8.99. The van der Waals surface area contributed by atoms with Gasteiger partial charge in [-0.2, -0.15) is 0 Å². The van der Waals surface area contributed by atoms with E-state index < -0.39 is 0 Å². The second-order valence-electron chi connectivity index (χ2n) is 6.95. The molecule has 0 aliphatic carbocycles. The lowest BCUT2D eigenvalue weighted by Gasteiger charge is -2.12. The van der Waals surface area contributed by atoms with Gasteiger partial charge in [0.25, 0.3) is 0 Å². The summed E-state index contributed by atoms with van der Waals surface area (Å²) in [5, 5.41) is 15.7. The molecule has 3 aromatic heterocycles. The minimum atomic E-state index is -0.290. The average molecular weight is 380 g/mol. The van der Waals surface area contributed by atoms with Crippen LogP contribution in [0.2, 0.25) is 0 Å². The fraction of sp³-hybridized carbons (Fsp3) is 0.316. The van der Waals surface area contributed by atoms with Gasteiger partial charge < -0.3 is 5.32 Å². The van der Waals surface area contributed by atoms with Gasteiger partial charge in [0.05, 0.1) is 18.5 Å². The van der Waals surface area contributed by atoms with Crippen molar-refractivity contribution >= 4 is 22.5 Å². The van der Waals surface area contributed by atoms with Gasteiger partial charge in [0.2, 0.25) is 5.91 Å². The SMILES string of the molecule is Cc1nonc1CC(=O)NC(C)Cn1nc2c(C)cc3ccccc3n2c1=O. The monoisotopic (exact) mass is 380 g/mol. The number of fused-ring (bicyclic) bond motifs is 3. The summed E-state index contributed by atoms with van der Waals surface area (Å²) >= 11 is 0. The molecule has 1 aromatic carbocycles. The molecule has 3 heterocycles. The number of benzene rings is 1. The number of carbonyl (C=O) groups excluding carboxylic acids is 1. The summed E-state index contributed by atoms with van der Waals surface area (Å²) in [6, 6.07) is 9.42. The zero-order chi connectivity index (χ0) is 19.8. The van der Waals surface area contributed by atoms with Crippen molar-refractivity contribution in [2.75, 3.05) is 0 Å². The summed E-state index contributed by atoms with van der Waals surface area (Å²) in [5.74, 6) is -0.218. The Bertz CT molecular complexity index is 1240. The van der Waals surface area contributed by atoms with Gasteiger partial charge in [-0.1, -0.05) is 28.5 Å². The lowest BCUT2D eigenvalue weighted by molar-refractivity contribution is -0.121. The molecule has 4 rings (SSSR count). The summed E-state index contributed by atoms with van der Waals surface area (Å²) in [4.78, 5) is 25.2. The fourth-order valence-corrected chi connectivity index (χ4v) is 3.30. The predicted octanol–water partition coefficient (Wildman–Crippen LogP) is 1.40. The smallest absolute Gasteiger partial charge is 0.350 e. The van der Waals surface area contributed by atoms with Crippen LogP contribution in [0.25, 0.3) is 16.6 Å². The minimum absolute atomic E-state index is 0.0729. The Morgan fingerprint density at radius 2 is 2.04 bits per heavy atom. The van der Waals surface area contributed by atoms with Crippen LogP contribution in [0.15, 0.2) is 39.8 Å². The number of hydrogen-bond acceptors (Lipinski definition) is 6. The first kappa shape index (κ1) is 17.9. The highest BCUT2D eigenvalue weighted by Crippen LogP contribution is 2.18. The van der Waals surface area contributed by atoms with E-state index in [9.17, 15) is 9.59 Å². The predicted molar refractivity (Wildman–Crippen MR) is 102 cm³/mol. The zero-order valence-corrected chi connectivity index (χ0v) is 15.8. The highest BCUT2D eigenvalue weighted by Gasteiger charge is 2.17. The van der Waals surface area contributed by atoms with Gasteiger partial charge >= 0.3 is 5.69 Å². The van der Waals surface area contributed by atoms with Crippen LogP contribution in [0.5, 0.6) is 0 Å². The molecule has 144 valence electrons. The second kappa shape index (κ2) is 6.91. The van der Waals surface area contributed by atoms with E-state index in [0.717, 1.165) is 16.5 Å². The summed E-state index contributed by atoms with van der Waals surface area (Å²) in [6.45, 7) is 5.74. The first-order valence-electron chi connectivity index (χ1n) is 8.99. The summed E-state index contributed by atoms with van der Waals surface area (Å²) in [5.41, 5.74) is 3.20. The Morgan fingerprint density at radius 1 is 1.25 bits per heavy atom. The standard InChI is InChI=1S/C19H20N6O3/c1-11-8-14-6-4-5-7-16(14)25-18(11)21-24(19(25)27)10-12(2)20-17(26)9-15-13(3)22-28-23-15/h4-8,12H,9-10H2,1-3H3,(H,20,26). The minimum Gasteiger partial charge on any atom is -0.351 e. The highest BCUT2D eigenvalue weighted by molar-refractivity contribution is 5.83. The van der Waals surface area contributed by atoms with E-state index in [0.29, 0.717) is 17.0 Å². The van der Waals surface area contributed by atoms with Crippen LogP contribution in [0, 0.1) is 13.8 Å². The number of pyridine rings is 1. The molecular weight excluding hydrogens is 360 g/mol. The maximum atomic E-state index is 12.9. The van der Waals surface area contributed by atoms with E-state index in [4.69, 9.17) is 0 Å². The third-order valence-electron chi connectivity index (χ3n) is 4.67. The molecule has 1 N–H and O–H groups in total. The second-order valence-corrected chi connectivity index (χ2v) is 6.95. The quantitative estimate of drug-likeness (QED) is 0.561. The summed E-state index contributed by atoms with van der Waals surface area (Å²) in [7, 11) is 0. The van der Waals surface area contributed by atoms with Gasteiger partial charge in [-0.15, -0.1) is 5.10 Å². The largest absolute Gasteiger partial charge is 0.351 e. The van der Waals surface area contributed by atoms with Gasteiger partial charge in [0.1, 0.15) is 11.4 Å². The van der Waals surface area contributed by atoms with Gasteiger partial charge in [0.15, 0.2) is 5.65 Å². The molecule has 1 unspecified atom stereocenters. The molecule has 1 atom stereocenters. The topological polar surface area (TPSA) is 107 Å². The molecule has 28 heavy (non-hydrogen) atoms. The van der Waals surface area contributed by atoms with Crippen LogP contribution in [-0.4, -0.2) is 36.4 Å². The number of nitrogens with one attached hydrogen (secondary N) is 1. The zero-order valence-electron chi connectivity index (χ0n) is 15.8. The summed E-state index contributed by atoms with van der Waals surface area (Å²) in [6.07, 6.45) is 0.0729. The van der Waals surface area contributed by atoms with E-state index in [1.54, 1.807) is 11.3 Å². The maximum absolute atomic E-state index is 12.9. The molecule has 0 radical (unpaired) electrons. The van der Waals surface area contributed by atoms with Gasteiger partial charge in [-0.3, -0.25) is 4.79 Å². The third kappa shape index (κ3) is 3.15. The van der Waals surface area contributed by atoms with Gasteiger partial charge in [0, 0.05) is 6.04 Å². The Hall–Kier alpha value is -3.49. The molecule has 9 heteroatoms. The van der Waals surface area contributed by atoms with Crippen LogP contribution in [-0.2, 0) is 17.8 Å². The number of para-hydroxylation sites is 1. The molecule has 0 bridgehead atoms. The molecule has 4 aromatic rings. The number of aryl methyl sites for hydroxylation is 2. The van der Waals surface area contributed by atoms with E-state index >= 15 is 0 Å². The van der Waals surface area contributed by atoms with Gasteiger partial charge in [-0.25, -0.2) is 18.5 Å². The molecule has 0 aliphatic rings. The lowest BCUT2D eigenvalue weighted by Crippen LogP contribution is -2.39. The molecule has 0 saturated carbocycles. The normalized spacial score (nSPS) is 12.5. The van der Waals surface area contributed by atoms with Crippen molar-refractivity contribution < 1.29 is 9.42 Å². The fourth-order valence-electron chi connectivity index (χ4n) is 3.30. The lowest BCUT2D eigenvalue weighted by atomic mass is 10.1. The molecule has 0 spiro atoms. The van der Waals surface area contributed by atoms with Crippen molar-refractivity contribution in [3.8, 4) is 0 Å². The highest BCUT2D eigenvalue weighted by atomic mass is 16.6. The number of carbonyl (C=O) groups is 1. The Kier molecular flexibility index (Phi) is 4.42. The van der Waals surface area contributed by atoms with Crippen molar-refractivity contribution in [1.29, 1.82) is 0 Å². The Morgan fingerprint density at radius 3 is 2.79 bits per heavy atom. The van der Waals surface area contributed by atoms with Gasteiger partial charge in [-0.05, 0) is 43.9 Å². The molecule has 0 aliphatic heterocycles. The van der Waals surface area contributed by atoms with E-state index in [-0.39, 0.29) is 30.6 Å². The van der Waals surface area contributed by atoms with Crippen LogP contribution in [0.4, 0.5) is 0 Å². The average Bonchev–Trinajstić information content (AvgIpc) is 3.19. The maximum Gasteiger partial charge on any atom is 0.350 e. The summed E-state index contributed by atoms with van der Waals surface area (Å²) < 4.78 is 7.61. The van der Waals surface area contributed by atoms with E-state index in [2.05, 4.69) is 25.4 Å².